The molecule has 0 unspecified atom stereocenters. The lowest BCUT2D eigenvalue weighted by Crippen LogP contribution is -2.54. The molecule has 3 heterocycles. The zero-order chi connectivity index (χ0) is 26.7. The van der Waals surface area contributed by atoms with Crippen LogP contribution in [0.25, 0.3) is 0 Å². The number of benzene rings is 1. The van der Waals surface area contributed by atoms with Crippen molar-refractivity contribution >= 4 is 17.8 Å². The maximum absolute atomic E-state index is 15.5. The second-order valence-electron chi connectivity index (χ2n) is 9.45. The van der Waals surface area contributed by atoms with Gasteiger partial charge in [-0.2, -0.15) is 13.2 Å². The number of alkyl halides is 4. The number of carbonyl (C=O) groups is 1. The molecule has 4 rings (SSSR count). The van der Waals surface area contributed by atoms with Gasteiger partial charge in [0.05, 0.1) is 48.6 Å². The van der Waals surface area contributed by atoms with Crippen LogP contribution in [0.4, 0.5) is 33.3 Å². The Labute approximate surface area is 212 Å². The summed E-state index contributed by atoms with van der Waals surface area (Å²) in [4.78, 5) is 18.7. The molecule has 12 heteroatoms. The van der Waals surface area contributed by atoms with E-state index in [4.69, 9.17) is 4.74 Å². The third kappa shape index (κ3) is 5.96. The lowest BCUT2D eigenvalue weighted by atomic mass is 9.85. The molecule has 2 aliphatic rings. The van der Waals surface area contributed by atoms with Gasteiger partial charge in [0.15, 0.2) is 5.75 Å². The van der Waals surface area contributed by atoms with Crippen LogP contribution in [0.2, 0.25) is 0 Å². The summed E-state index contributed by atoms with van der Waals surface area (Å²) < 4.78 is 73.8. The number of nitrogens with one attached hydrogen (secondary N) is 2. The molecule has 0 saturated carbocycles. The summed E-state index contributed by atoms with van der Waals surface area (Å²) in [5, 5.41) is 6.09. The summed E-state index contributed by atoms with van der Waals surface area (Å²) in [6.07, 6.45) is -2.48. The van der Waals surface area contributed by atoms with Crippen molar-refractivity contribution in [1.82, 2.24) is 14.8 Å². The van der Waals surface area contributed by atoms with Gasteiger partial charge in [-0.3, -0.25) is 24.0 Å². The van der Waals surface area contributed by atoms with E-state index >= 15 is 4.39 Å². The van der Waals surface area contributed by atoms with E-state index in [0.29, 0.717) is 48.6 Å². The largest absolute Gasteiger partial charge is 0.426 e. The molecule has 37 heavy (non-hydrogen) atoms. The second kappa shape index (κ2) is 11.2. The van der Waals surface area contributed by atoms with Crippen molar-refractivity contribution in [2.24, 2.45) is 0 Å². The molecule has 1 fully saturated rings. The first-order valence-electron chi connectivity index (χ1n) is 12.1. The van der Waals surface area contributed by atoms with E-state index in [0.717, 1.165) is 0 Å². The third-order valence-electron chi connectivity index (χ3n) is 6.85. The summed E-state index contributed by atoms with van der Waals surface area (Å²) in [6.45, 7) is 2.27. The van der Waals surface area contributed by atoms with Crippen LogP contribution in [0.1, 0.15) is 36.2 Å². The number of aromatic nitrogens is 1. The average Bonchev–Trinajstić information content (AvgIpc) is 2.81. The summed E-state index contributed by atoms with van der Waals surface area (Å²) >= 11 is 0. The highest BCUT2D eigenvalue weighted by Crippen LogP contribution is 2.45. The number of nitrogens with zero attached hydrogens (tertiary/aromatic N) is 3. The average molecular weight is 528 g/mol. The van der Waals surface area contributed by atoms with Crippen LogP contribution in [0.3, 0.4) is 0 Å². The maximum atomic E-state index is 15.5. The highest BCUT2D eigenvalue weighted by molar-refractivity contribution is 5.67. The fourth-order valence-electron chi connectivity index (χ4n) is 5.19. The number of halogens is 5. The van der Waals surface area contributed by atoms with Crippen LogP contribution in [-0.4, -0.2) is 79.4 Å². The quantitative estimate of drug-likeness (QED) is 0.355. The number of ether oxygens (including phenoxy) is 1. The SMILES string of the molecule is CNc1ccc2c(c1OC=O)C[C@@H](C)N(CC(F)(F)F)[C@@H]2c1ncc(NC2CN(CCCF)C2)cc1F. The third-order valence-corrected chi connectivity index (χ3v) is 6.85. The molecule has 0 aliphatic carbocycles. The number of rotatable bonds is 10. The molecular formula is C25H30F5N5O2. The van der Waals surface area contributed by atoms with Crippen LogP contribution in [0, 0.1) is 5.82 Å². The van der Waals surface area contributed by atoms with Gasteiger partial charge < -0.3 is 15.4 Å². The monoisotopic (exact) mass is 527 g/mol. The molecule has 2 N–H and O–H groups in total. The van der Waals surface area contributed by atoms with Gasteiger partial charge in [0.1, 0.15) is 5.82 Å². The molecular weight excluding hydrogens is 497 g/mol. The molecule has 0 radical (unpaired) electrons. The van der Waals surface area contributed by atoms with Gasteiger partial charge in [-0.05, 0) is 31.4 Å². The lowest BCUT2D eigenvalue weighted by molar-refractivity contribution is -0.155. The summed E-state index contributed by atoms with van der Waals surface area (Å²) in [7, 11) is 1.63. The molecule has 7 nitrogen and oxygen atoms in total. The highest BCUT2D eigenvalue weighted by atomic mass is 19.4. The first-order chi connectivity index (χ1) is 17.6. The Balaban J connectivity index is 1.67. The van der Waals surface area contributed by atoms with Gasteiger partial charge in [0.2, 0.25) is 0 Å². The number of hydrogen-bond donors (Lipinski definition) is 2. The zero-order valence-electron chi connectivity index (χ0n) is 20.6. The minimum absolute atomic E-state index is 0.0480. The number of carbonyl (C=O) groups excluding carboxylic acids is 1. The van der Waals surface area contributed by atoms with Crippen LogP contribution in [-0.2, 0) is 11.2 Å². The van der Waals surface area contributed by atoms with E-state index in [1.54, 1.807) is 26.1 Å². The van der Waals surface area contributed by atoms with Crippen molar-refractivity contribution in [3.05, 3.63) is 47.0 Å². The van der Waals surface area contributed by atoms with Crippen molar-refractivity contribution in [2.45, 2.75) is 44.1 Å². The predicted octanol–water partition coefficient (Wildman–Crippen LogP) is 4.15. The molecule has 2 aliphatic heterocycles. The van der Waals surface area contributed by atoms with Gasteiger partial charge in [-0.15, -0.1) is 0 Å². The predicted molar refractivity (Wildman–Crippen MR) is 129 cm³/mol. The van der Waals surface area contributed by atoms with Gasteiger partial charge >= 0.3 is 6.18 Å². The number of likely N-dealkylation sites (tertiary alicyclic amines) is 1. The number of fused-ring (bicyclic) bond motifs is 1. The normalized spacial score (nSPS) is 20.7. The molecule has 0 amide bonds. The van der Waals surface area contributed by atoms with Gasteiger partial charge in [0.25, 0.3) is 6.47 Å². The minimum Gasteiger partial charge on any atom is -0.426 e. The van der Waals surface area contributed by atoms with Crippen molar-refractivity contribution in [2.75, 3.05) is 50.5 Å². The summed E-state index contributed by atoms with van der Waals surface area (Å²) in [5.74, 6) is -0.536. The Kier molecular flexibility index (Phi) is 8.17. The Bertz CT molecular complexity index is 1110. The molecule has 1 aromatic heterocycles. The number of anilines is 2. The van der Waals surface area contributed by atoms with E-state index in [-0.39, 0.29) is 37.1 Å². The van der Waals surface area contributed by atoms with Crippen LogP contribution >= 0.6 is 0 Å². The Morgan fingerprint density at radius 2 is 2.03 bits per heavy atom. The molecule has 1 saturated heterocycles. The molecule has 2 aromatic rings. The fraction of sp³-hybridized carbons (Fsp3) is 0.520. The second-order valence-corrected chi connectivity index (χ2v) is 9.45. The topological polar surface area (TPSA) is 69.7 Å². The zero-order valence-corrected chi connectivity index (χ0v) is 20.6. The smallest absolute Gasteiger partial charge is 0.401 e. The van der Waals surface area contributed by atoms with Gasteiger partial charge in [-0.1, -0.05) is 6.07 Å². The van der Waals surface area contributed by atoms with E-state index in [9.17, 15) is 22.4 Å². The van der Waals surface area contributed by atoms with E-state index in [1.165, 1.54) is 17.2 Å². The van der Waals surface area contributed by atoms with E-state index < -0.39 is 30.6 Å². The van der Waals surface area contributed by atoms with Crippen molar-refractivity contribution in [1.29, 1.82) is 0 Å². The summed E-state index contributed by atoms with van der Waals surface area (Å²) in [5.41, 5.74) is 1.69. The van der Waals surface area contributed by atoms with E-state index in [2.05, 4.69) is 20.5 Å². The van der Waals surface area contributed by atoms with Crippen molar-refractivity contribution in [3.63, 3.8) is 0 Å². The minimum atomic E-state index is -4.52. The van der Waals surface area contributed by atoms with Gasteiger partial charge in [-0.25, -0.2) is 4.39 Å². The maximum Gasteiger partial charge on any atom is 0.401 e. The standard InChI is InChI=1S/C25H30F5N5O2/c1-15-8-19-18(4-5-21(31-2)24(19)37-14-36)23(35(15)13-25(28,29)30)22-20(27)9-16(10-32-22)33-17-11-34(12-17)7-3-6-26/h4-5,9-10,14-15,17,23,31,33H,3,6-8,11-13H2,1-2H3/t15-,23+/m1/s1. The first-order valence-corrected chi connectivity index (χ1v) is 12.1. The molecule has 0 spiro atoms. The lowest BCUT2D eigenvalue weighted by Gasteiger charge is -2.42. The van der Waals surface area contributed by atoms with Crippen molar-refractivity contribution in [3.8, 4) is 5.75 Å². The number of hydrogen-bond acceptors (Lipinski definition) is 7. The van der Waals surface area contributed by atoms with E-state index in [1.807, 2.05) is 0 Å². The highest BCUT2D eigenvalue weighted by Gasteiger charge is 2.43. The molecule has 0 bridgehead atoms. The van der Waals surface area contributed by atoms with Crippen molar-refractivity contribution < 1.29 is 31.5 Å². The summed E-state index contributed by atoms with van der Waals surface area (Å²) in [6, 6.07) is 2.70. The van der Waals surface area contributed by atoms with Crippen LogP contribution < -0.4 is 15.4 Å². The number of pyridine rings is 1. The molecule has 2 atom stereocenters. The van der Waals surface area contributed by atoms with Crippen LogP contribution in [0.15, 0.2) is 24.4 Å². The molecule has 1 aromatic carbocycles. The Morgan fingerprint density at radius 3 is 2.65 bits per heavy atom. The van der Waals surface area contributed by atoms with Gasteiger partial charge in [0, 0.05) is 44.4 Å². The molecule has 202 valence electrons. The Morgan fingerprint density at radius 1 is 1.27 bits per heavy atom. The fourth-order valence-corrected chi connectivity index (χ4v) is 5.19. The first kappa shape index (κ1) is 27.1. The Hall–Kier alpha value is -2.99. The van der Waals surface area contributed by atoms with Crippen LogP contribution in [0.5, 0.6) is 5.75 Å².